The van der Waals surface area contributed by atoms with Crippen molar-refractivity contribution in [1.29, 1.82) is 0 Å². The molecule has 0 spiro atoms. The largest absolute Gasteiger partial charge is 0.384 e. The number of para-hydroxylation sites is 1. The highest BCUT2D eigenvalue weighted by Gasteiger charge is 2.13. The van der Waals surface area contributed by atoms with Crippen LogP contribution >= 0.6 is 11.8 Å². The molecule has 19 heavy (non-hydrogen) atoms. The summed E-state index contributed by atoms with van der Waals surface area (Å²) in [6.07, 6.45) is 0. The van der Waals surface area contributed by atoms with Crippen molar-refractivity contribution < 1.29 is 9.90 Å². The molecule has 0 unspecified atom stereocenters. The topological polar surface area (TPSA) is 49.3 Å². The molecule has 0 aliphatic heterocycles. The van der Waals surface area contributed by atoms with Crippen LogP contribution in [0.2, 0.25) is 0 Å². The van der Waals surface area contributed by atoms with E-state index in [0.29, 0.717) is 17.0 Å². The van der Waals surface area contributed by atoms with E-state index < -0.39 is 0 Å². The molecular formula is C15H19NO2S. The summed E-state index contributed by atoms with van der Waals surface area (Å²) >= 11 is 1.60. The Hall–Kier alpha value is -1.44. The quantitative estimate of drug-likeness (QED) is 0.835. The highest BCUT2D eigenvalue weighted by molar-refractivity contribution is 8.01. The molecule has 3 nitrogen and oxygen atoms in total. The van der Waals surface area contributed by atoms with Crippen LogP contribution in [0, 0.1) is 11.8 Å². The van der Waals surface area contributed by atoms with Crippen LogP contribution < -0.4 is 5.32 Å². The van der Waals surface area contributed by atoms with Crippen molar-refractivity contribution >= 4 is 23.4 Å². The first kappa shape index (κ1) is 15.6. The standard InChI is InChI=1S/C15H19NO2S/c1-15(2,3)19-11-14(18)16-13-9-5-4-7-12(13)8-6-10-17/h4-5,7,9,17H,10-11H2,1-3H3,(H,16,18). The van der Waals surface area contributed by atoms with E-state index >= 15 is 0 Å². The van der Waals surface area contributed by atoms with Crippen LogP contribution in [0.5, 0.6) is 0 Å². The summed E-state index contributed by atoms with van der Waals surface area (Å²) in [7, 11) is 0. The third-order valence-corrected chi connectivity index (χ3v) is 3.41. The molecule has 0 fully saturated rings. The van der Waals surface area contributed by atoms with Crippen molar-refractivity contribution in [2.45, 2.75) is 25.5 Å². The minimum atomic E-state index is -0.192. The van der Waals surface area contributed by atoms with Gasteiger partial charge in [0.1, 0.15) is 6.61 Å². The first-order valence-electron chi connectivity index (χ1n) is 6.05. The van der Waals surface area contributed by atoms with Gasteiger partial charge < -0.3 is 10.4 Å². The van der Waals surface area contributed by atoms with Crippen LogP contribution in [0.25, 0.3) is 0 Å². The predicted octanol–water partition coefficient (Wildman–Crippen LogP) is 2.50. The zero-order chi connectivity index (χ0) is 14.3. The van der Waals surface area contributed by atoms with Crippen molar-refractivity contribution in [1.82, 2.24) is 0 Å². The maximum atomic E-state index is 11.9. The fraction of sp³-hybridized carbons (Fsp3) is 0.400. The molecule has 0 bridgehead atoms. The Morgan fingerprint density at radius 3 is 2.68 bits per heavy atom. The second-order valence-corrected chi connectivity index (χ2v) is 6.76. The highest BCUT2D eigenvalue weighted by Crippen LogP contribution is 2.23. The van der Waals surface area contributed by atoms with E-state index in [4.69, 9.17) is 5.11 Å². The maximum absolute atomic E-state index is 11.9. The molecule has 1 aromatic rings. The number of amides is 1. The summed E-state index contributed by atoms with van der Waals surface area (Å²) in [5.41, 5.74) is 1.40. The molecule has 4 heteroatoms. The van der Waals surface area contributed by atoms with E-state index in [2.05, 4.69) is 37.9 Å². The number of hydrogen-bond acceptors (Lipinski definition) is 3. The molecule has 0 heterocycles. The van der Waals surface area contributed by atoms with Crippen LogP contribution in [-0.4, -0.2) is 28.1 Å². The van der Waals surface area contributed by atoms with Gasteiger partial charge in [0.2, 0.25) is 5.91 Å². The number of carbonyl (C=O) groups excluding carboxylic acids is 1. The average Bonchev–Trinajstić information content (AvgIpc) is 2.34. The fourth-order valence-electron chi connectivity index (χ4n) is 1.30. The lowest BCUT2D eigenvalue weighted by Gasteiger charge is -2.17. The van der Waals surface area contributed by atoms with Crippen molar-refractivity contribution in [3.63, 3.8) is 0 Å². The van der Waals surface area contributed by atoms with Crippen LogP contribution in [-0.2, 0) is 4.79 Å². The molecule has 0 radical (unpaired) electrons. The smallest absolute Gasteiger partial charge is 0.234 e. The van der Waals surface area contributed by atoms with Crippen molar-refractivity contribution in [2.24, 2.45) is 0 Å². The number of benzene rings is 1. The summed E-state index contributed by atoms with van der Waals surface area (Å²) in [4.78, 5) is 11.9. The van der Waals surface area contributed by atoms with E-state index in [0.717, 1.165) is 0 Å². The SMILES string of the molecule is CC(C)(C)SCC(=O)Nc1ccccc1C#CCO. The average molecular weight is 277 g/mol. The molecule has 1 rings (SSSR count). The molecule has 102 valence electrons. The third kappa shape index (κ3) is 6.32. The van der Waals surface area contributed by atoms with Crippen LogP contribution in [0.3, 0.4) is 0 Å². The van der Waals surface area contributed by atoms with Crippen molar-refractivity contribution in [3.8, 4) is 11.8 Å². The van der Waals surface area contributed by atoms with Gasteiger partial charge in [0.05, 0.1) is 11.4 Å². The lowest BCUT2D eigenvalue weighted by Crippen LogP contribution is -2.19. The van der Waals surface area contributed by atoms with Gasteiger partial charge in [-0.2, -0.15) is 0 Å². The number of aliphatic hydroxyl groups excluding tert-OH is 1. The second kappa shape index (κ2) is 7.22. The lowest BCUT2D eigenvalue weighted by atomic mass is 10.2. The number of aliphatic hydroxyl groups is 1. The predicted molar refractivity (Wildman–Crippen MR) is 81.2 cm³/mol. The minimum Gasteiger partial charge on any atom is -0.384 e. The van der Waals surface area contributed by atoms with Crippen molar-refractivity contribution in [2.75, 3.05) is 17.7 Å². The van der Waals surface area contributed by atoms with Gasteiger partial charge in [-0.25, -0.2) is 0 Å². The summed E-state index contributed by atoms with van der Waals surface area (Å²) in [6.45, 7) is 6.03. The molecule has 0 saturated carbocycles. The minimum absolute atomic E-state index is 0.0434. The monoisotopic (exact) mass is 277 g/mol. The normalized spacial score (nSPS) is 10.5. The number of hydrogen-bond donors (Lipinski definition) is 2. The first-order valence-corrected chi connectivity index (χ1v) is 7.03. The molecule has 0 aromatic heterocycles. The summed E-state index contributed by atoms with van der Waals surface area (Å²) in [6, 6.07) is 7.31. The Labute approximate surface area is 118 Å². The Bertz CT molecular complexity index is 495. The van der Waals surface area contributed by atoms with E-state index in [1.165, 1.54) is 0 Å². The molecule has 0 aliphatic rings. The molecule has 0 aliphatic carbocycles. The second-order valence-electron chi connectivity index (χ2n) is 4.95. The van der Waals surface area contributed by atoms with Gasteiger partial charge in [0.15, 0.2) is 0 Å². The van der Waals surface area contributed by atoms with Crippen LogP contribution in [0.4, 0.5) is 5.69 Å². The Morgan fingerprint density at radius 2 is 2.05 bits per heavy atom. The molecule has 0 saturated heterocycles. The number of anilines is 1. The van der Waals surface area contributed by atoms with E-state index in [1.807, 2.05) is 18.2 Å². The highest BCUT2D eigenvalue weighted by atomic mass is 32.2. The Balaban J connectivity index is 2.69. The molecular weight excluding hydrogens is 258 g/mol. The van der Waals surface area contributed by atoms with Gasteiger partial charge in [0.25, 0.3) is 0 Å². The number of carbonyl (C=O) groups is 1. The maximum Gasteiger partial charge on any atom is 0.234 e. The van der Waals surface area contributed by atoms with Crippen LogP contribution in [0.15, 0.2) is 24.3 Å². The fourth-order valence-corrected chi connectivity index (χ4v) is 1.94. The van der Waals surface area contributed by atoms with E-state index in [-0.39, 0.29) is 17.3 Å². The molecule has 1 amide bonds. The van der Waals surface area contributed by atoms with Gasteiger partial charge in [-0.05, 0) is 12.1 Å². The zero-order valence-electron chi connectivity index (χ0n) is 11.5. The van der Waals surface area contributed by atoms with Crippen molar-refractivity contribution in [3.05, 3.63) is 29.8 Å². The summed E-state index contributed by atoms with van der Waals surface area (Å²) in [5, 5.41) is 11.6. The van der Waals surface area contributed by atoms with E-state index in [1.54, 1.807) is 17.8 Å². The Kier molecular flexibility index (Phi) is 5.94. The van der Waals surface area contributed by atoms with Gasteiger partial charge in [-0.1, -0.05) is 44.7 Å². The third-order valence-electron chi connectivity index (χ3n) is 2.14. The van der Waals surface area contributed by atoms with Crippen LogP contribution in [0.1, 0.15) is 26.3 Å². The van der Waals surface area contributed by atoms with E-state index in [9.17, 15) is 4.79 Å². The molecule has 2 N–H and O–H groups in total. The lowest BCUT2D eigenvalue weighted by molar-refractivity contribution is -0.113. The molecule has 1 aromatic carbocycles. The number of nitrogens with one attached hydrogen (secondary N) is 1. The van der Waals surface area contributed by atoms with Gasteiger partial charge >= 0.3 is 0 Å². The molecule has 0 atom stereocenters. The Morgan fingerprint density at radius 1 is 1.37 bits per heavy atom. The number of rotatable bonds is 3. The van der Waals surface area contributed by atoms with Gasteiger partial charge in [-0.3, -0.25) is 4.79 Å². The summed E-state index contributed by atoms with van der Waals surface area (Å²) in [5.74, 6) is 5.77. The zero-order valence-corrected chi connectivity index (χ0v) is 12.3. The first-order chi connectivity index (χ1) is 8.92. The van der Waals surface area contributed by atoms with Gasteiger partial charge in [-0.15, -0.1) is 11.8 Å². The van der Waals surface area contributed by atoms with Gasteiger partial charge in [0, 0.05) is 10.3 Å². The number of thioether (sulfide) groups is 1. The summed E-state index contributed by atoms with van der Waals surface area (Å²) < 4.78 is 0.0630.